The van der Waals surface area contributed by atoms with Gasteiger partial charge in [0.2, 0.25) is 17.8 Å². The first kappa shape index (κ1) is 14.8. The van der Waals surface area contributed by atoms with Gasteiger partial charge in [0.05, 0.1) is 6.10 Å². The van der Waals surface area contributed by atoms with Crippen LogP contribution in [0, 0.1) is 5.92 Å². The molecule has 0 radical (unpaired) electrons. The summed E-state index contributed by atoms with van der Waals surface area (Å²) in [6.07, 6.45) is 4.05. The van der Waals surface area contributed by atoms with Gasteiger partial charge < -0.3 is 20.6 Å². The van der Waals surface area contributed by atoms with Crippen LogP contribution in [0.3, 0.4) is 0 Å². The number of rotatable bonds is 5. The number of nitrogens with zero attached hydrogens (tertiary/aromatic N) is 4. The van der Waals surface area contributed by atoms with E-state index in [2.05, 4.69) is 25.6 Å². The molecule has 2 atom stereocenters. The summed E-state index contributed by atoms with van der Waals surface area (Å²) in [5.74, 6) is 1.97. The van der Waals surface area contributed by atoms with Gasteiger partial charge in [0.1, 0.15) is 0 Å². The highest BCUT2D eigenvalue weighted by Crippen LogP contribution is 2.24. The summed E-state index contributed by atoms with van der Waals surface area (Å²) >= 11 is 0. The summed E-state index contributed by atoms with van der Waals surface area (Å²) in [5, 5.41) is 16.1. The summed E-state index contributed by atoms with van der Waals surface area (Å²) in [6.45, 7) is 0.696. The van der Waals surface area contributed by atoms with Crippen molar-refractivity contribution in [2.75, 3.05) is 43.2 Å². The molecule has 7 nitrogen and oxygen atoms in total. The van der Waals surface area contributed by atoms with Crippen molar-refractivity contribution in [2.24, 2.45) is 5.92 Å². The fourth-order valence-corrected chi connectivity index (χ4v) is 2.40. The number of aliphatic hydroxyl groups is 1. The average molecular weight is 280 g/mol. The zero-order valence-corrected chi connectivity index (χ0v) is 12.4. The maximum atomic E-state index is 9.98. The van der Waals surface area contributed by atoms with Crippen molar-refractivity contribution in [1.29, 1.82) is 0 Å². The molecule has 1 saturated carbocycles. The van der Waals surface area contributed by atoms with E-state index in [9.17, 15) is 5.11 Å². The number of hydrogen-bond acceptors (Lipinski definition) is 7. The molecule has 20 heavy (non-hydrogen) atoms. The van der Waals surface area contributed by atoms with Gasteiger partial charge >= 0.3 is 0 Å². The van der Waals surface area contributed by atoms with E-state index in [4.69, 9.17) is 0 Å². The maximum Gasteiger partial charge on any atom is 0.231 e. The zero-order valence-electron chi connectivity index (χ0n) is 12.4. The highest BCUT2D eigenvalue weighted by molar-refractivity contribution is 5.42. The van der Waals surface area contributed by atoms with Crippen LogP contribution >= 0.6 is 0 Å². The first-order valence-corrected chi connectivity index (χ1v) is 7.13. The minimum absolute atomic E-state index is 0.213. The zero-order chi connectivity index (χ0) is 14.5. The van der Waals surface area contributed by atoms with Crippen molar-refractivity contribution in [1.82, 2.24) is 15.0 Å². The van der Waals surface area contributed by atoms with Crippen LogP contribution in [0.2, 0.25) is 0 Å². The fraction of sp³-hybridized carbons (Fsp3) is 0.769. The highest BCUT2D eigenvalue weighted by atomic mass is 16.3. The van der Waals surface area contributed by atoms with Crippen LogP contribution in [0.5, 0.6) is 0 Å². The van der Waals surface area contributed by atoms with E-state index in [1.165, 1.54) is 6.42 Å². The van der Waals surface area contributed by atoms with Gasteiger partial charge in [0.15, 0.2) is 0 Å². The molecule has 0 bridgehead atoms. The van der Waals surface area contributed by atoms with Crippen LogP contribution in [0.4, 0.5) is 17.8 Å². The quantitative estimate of drug-likeness (QED) is 0.740. The minimum atomic E-state index is -0.213. The second-order valence-corrected chi connectivity index (χ2v) is 5.42. The SMILES string of the molecule is CNc1nc(NCC2CCCCC2O)nc(N(C)C)n1. The van der Waals surface area contributed by atoms with Gasteiger partial charge in [-0.05, 0) is 12.8 Å². The molecule has 0 saturated heterocycles. The molecule has 7 heteroatoms. The van der Waals surface area contributed by atoms with Crippen LogP contribution < -0.4 is 15.5 Å². The topological polar surface area (TPSA) is 86.2 Å². The van der Waals surface area contributed by atoms with E-state index in [1.54, 1.807) is 7.05 Å². The Labute approximate surface area is 119 Å². The van der Waals surface area contributed by atoms with E-state index in [0.29, 0.717) is 24.4 Å². The number of aromatic nitrogens is 3. The average Bonchev–Trinajstić information content (AvgIpc) is 2.46. The summed E-state index contributed by atoms with van der Waals surface area (Å²) in [5.41, 5.74) is 0. The summed E-state index contributed by atoms with van der Waals surface area (Å²) in [7, 11) is 5.57. The highest BCUT2D eigenvalue weighted by Gasteiger charge is 2.23. The van der Waals surface area contributed by atoms with Crippen LogP contribution in [-0.4, -0.2) is 53.9 Å². The third-order valence-electron chi connectivity index (χ3n) is 3.64. The van der Waals surface area contributed by atoms with Gasteiger partial charge in [0.25, 0.3) is 0 Å². The Morgan fingerprint density at radius 2 is 1.85 bits per heavy atom. The lowest BCUT2D eigenvalue weighted by Gasteiger charge is -2.27. The molecule has 0 spiro atoms. The lowest BCUT2D eigenvalue weighted by molar-refractivity contribution is 0.0762. The number of aliphatic hydroxyl groups excluding tert-OH is 1. The van der Waals surface area contributed by atoms with Crippen molar-refractivity contribution in [2.45, 2.75) is 31.8 Å². The van der Waals surface area contributed by atoms with Crippen molar-refractivity contribution in [3.05, 3.63) is 0 Å². The molecule has 3 N–H and O–H groups in total. The van der Waals surface area contributed by atoms with Crippen LogP contribution in [0.25, 0.3) is 0 Å². The molecule has 0 amide bonds. The van der Waals surface area contributed by atoms with Gasteiger partial charge in [-0.2, -0.15) is 15.0 Å². The smallest absolute Gasteiger partial charge is 0.231 e. The molecule has 1 aromatic heterocycles. The first-order valence-electron chi connectivity index (χ1n) is 7.13. The lowest BCUT2D eigenvalue weighted by atomic mass is 9.86. The minimum Gasteiger partial charge on any atom is -0.393 e. The predicted molar refractivity (Wildman–Crippen MR) is 80.2 cm³/mol. The molecular weight excluding hydrogens is 256 g/mol. The van der Waals surface area contributed by atoms with Gasteiger partial charge in [-0.25, -0.2) is 0 Å². The summed E-state index contributed by atoms with van der Waals surface area (Å²) in [6, 6.07) is 0. The Balaban J connectivity index is 2.02. The second-order valence-electron chi connectivity index (χ2n) is 5.42. The molecule has 0 aromatic carbocycles. The number of nitrogens with one attached hydrogen (secondary N) is 2. The molecule has 112 valence electrons. The van der Waals surface area contributed by atoms with E-state index in [0.717, 1.165) is 19.3 Å². The Morgan fingerprint density at radius 3 is 2.50 bits per heavy atom. The molecule has 1 aliphatic rings. The Kier molecular flexibility index (Phi) is 4.94. The normalized spacial score (nSPS) is 22.4. The van der Waals surface area contributed by atoms with Gasteiger partial charge in [-0.15, -0.1) is 0 Å². The van der Waals surface area contributed by atoms with Crippen molar-refractivity contribution >= 4 is 17.8 Å². The first-order chi connectivity index (χ1) is 9.60. The van der Waals surface area contributed by atoms with Crippen LogP contribution in [0.15, 0.2) is 0 Å². The standard InChI is InChI=1S/C13H24N6O/c1-14-11-16-12(18-13(17-11)19(2)3)15-8-9-6-4-5-7-10(9)20/h9-10,20H,4-8H2,1-3H3,(H2,14,15,16,17,18). The molecular formula is C13H24N6O. The molecule has 2 unspecified atom stereocenters. The monoisotopic (exact) mass is 280 g/mol. The summed E-state index contributed by atoms with van der Waals surface area (Å²) in [4.78, 5) is 14.8. The predicted octanol–water partition coefficient (Wildman–Crippen LogP) is 0.942. The van der Waals surface area contributed by atoms with Crippen molar-refractivity contribution < 1.29 is 5.11 Å². The molecule has 1 heterocycles. The Hall–Kier alpha value is -1.63. The van der Waals surface area contributed by atoms with E-state index < -0.39 is 0 Å². The number of anilines is 3. The summed E-state index contributed by atoms with van der Waals surface area (Å²) < 4.78 is 0. The van der Waals surface area contributed by atoms with Gasteiger partial charge in [0, 0.05) is 33.6 Å². The van der Waals surface area contributed by atoms with Crippen LogP contribution in [0.1, 0.15) is 25.7 Å². The maximum absolute atomic E-state index is 9.98. The Bertz CT molecular complexity index is 439. The van der Waals surface area contributed by atoms with Crippen LogP contribution in [-0.2, 0) is 0 Å². The van der Waals surface area contributed by atoms with E-state index in [1.807, 2.05) is 19.0 Å². The van der Waals surface area contributed by atoms with E-state index in [-0.39, 0.29) is 12.0 Å². The third kappa shape index (κ3) is 3.69. The van der Waals surface area contributed by atoms with Crippen molar-refractivity contribution in [3.63, 3.8) is 0 Å². The van der Waals surface area contributed by atoms with Gasteiger partial charge in [-0.3, -0.25) is 0 Å². The molecule has 1 aromatic rings. The van der Waals surface area contributed by atoms with Crippen molar-refractivity contribution in [3.8, 4) is 0 Å². The molecule has 1 aliphatic carbocycles. The Morgan fingerprint density at radius 1 is 1.15 bits per heavy atom. The second kappa shape index (κ2) is 6.69. The molecule has 2 rings (SSSR count). The number of hydrogen-bond donors (Lipinski definition) is 3. The fourth-order valence-electron chi connectivity index (χ4n) is 2.40. The molecule has 0 aliphatic heterocycles. The third-order valence-corrected chi connectivity index (χ3v) is 3.64. The van der Waals surface area contributed by atoms with E-state index >= 15 is 0 Å². The molecule has 1 fully saturated rings. The lowest BCUT2D eigenvalue weighted by Crippen LogP contribution is -2.30. The largest absolute Gasteiger partial charge is 0.393 e. The van der Waals surface area contributed by atoms with Gasteiger partial charge in [-0.1, -0.05) is 12.8 Å².